The van der Waals surface area contributed by atoms with Crippen LogP contribution < -0.4 is 15.7 Å². The summed E-state index contributed by atoms with van der Waals surface area (Å²) in [5, 5.41) is 2.76. The zero-order valence-corrected chi connectivity index (χ0v) is 22.4. The van der Waals surface area contributed by atoms with Gasteiger partial charge in [-0.25, -0.2) is 9.18 Å². The Bertz CT molecular complexity index is 1600. The summed E-state index contributed by atoms with van der Waals surface area (Å²) in [6, 6.07) is 17.0. The number of halogens is 2. The molecule has 0 unspecified atom stereocenters. The maximum absolute atomic E-state index is 13.5. The first-order valence-corrected chi connectivity index (χ1v) is 13.0. The maximum Gasteiger partial charge on any atom is 0.328 e. The van der Waals surface area contributed by atoms with Crippen molar-refractivity contribution >= 4 is 40.1 Å². The van der Waals surface area contributed by atoms with Gasteiger partial charge < -0.3 is 15.0 Å². The van der Waals surface area contributed by atoms with E-state index in [0.717, 1.165) is 35.5 Å². The summed E-state index contributed by atoms with van der Waals surface area (Å²) >= 11 is 5.66. The Morgan fingerprint density at radius 2 is 1.67 bits per heavy atom. The molecule has 2 heterocycles. The van der Waals surface area contributed by atoms with Crippen molar-refractivity contribution < 1.29 is 18.7 Å². The average Bonchev–Trinajstić information content (AvgIpc) is 3.17. The number of carbonyl (C=O) groups excluding carboxylic acids is 2. The van der Waals surface area contributed by atoms with Crippen LogP contribution in [0, 0.1) is 5.82 Å². The van der Waals surface area contributed by atoms with Gasteiger partial charge in [0.25, 0.3) is 11.8 Å². The molecule has 1 aliphatic rings. The SMILES string of the molecule is Cn1c(=O)n(C)c2cc(C(=O)N3CCC(c4ccc(NC(=O)COc5ccc(Cl)c(F)c5)cc4)CC3)ccc21. The number of imidazole rings is 1. The first-order valence-electron chi connectivity index (χ1n) is 12.6. The Morgan fingerprint density at radius 1 is 0.974 bits per heavy atom. The minimum Gasteiger partial charge on any atom is -0.484 e. The Morgan fingerprint density at radius 3 is 2.36 bits per heavy atom. The molecule has 0 aliphatic carbocycles. The fraction of sp³-hybridized carbons (Fsp3) is 0.276. The molecule has 1 aliphatic heterocycles. The number of aryl methyl sites for hydroxylation is 2. The standard InChI is InChI=1S/C29H28ClFN4O4/c1-33-25-10-5-20(15-26(25)34(2)29(33)38)28(37)35-13-11-19(12-14-35)18-3-6-21(7-4-18)32-27(36)17-39-22-8-9-23(30)24(31)16-22/h3-10,15-16,19H,11-14,17H2,1-2H3,(H,32,36). The van der Waals surface area contributed by atoms with Crippen LogP contribution in [-0.4, -0.2) is 45.5 Å². The van der Waals surface area contributed by atoms with Gasteiger partial charge in [-0.05, 0) is 66.8 Å². The van der Waals surface area contributed by atoms with Gasteiger partial charge in [0, 0.05) is 44.5 Å². The van der Waals surface area contributed by atoms with Gasteiger partial charge in [-0.1, -0.05) is 23.7 Å². The van der Waals surface area contributed by atoms with Crippen molar-refractivity contribution in [3.63, 3.8) is 0 Å². The topological polar surface area (TPSA) is 85.6 Å². The lowest BCUT2D eigenvalue weighted by Crippen LogP contribution is -2.37. The van der Waals surface area contributed by atoms with E-state index in [1.54, 1.807) is 35.4 Å². The monoisotopic (exact) mass is 550 g/mol. The van der Waals surface area contributed by atoms with Crippen LogP contribution >= 0.6 is 11.6 Å². The molecular formula is C29H28ClFN4O4. The van der Waals surface area contributed by atoms with Crippen LogP contribution in [0.3, 0.4) is 0 Å². The third-order valence-electron chi connectivity index (χ3n) is 7.23. The Hall–Kier alpha value is -4.11. The van der Waals surface area contributed by atoms with E-state index in [9.17, 15) is 18.8 Å². The summed E-state index contributed by atoms with van der Waals surface area (Å²) < 4.78 is 22.0. The number of fused-ring (bicyclic) bond motifs is 1. The smallest absolute Gasteiger partial charge is 0.328 e. The maximum atomic E-state index is 13.5. The summed E-state index contributed by atoms with van der Waals surface area (Å²) in [5.41, 5.74) is 3.76. The van der Waals surface area contributed by atoms with E-state index in [0.29, 0.717) is 30.3 Å². The number of piperidine rings is 1. The molecule has 39 heavy (non-hydrogen) atoms. The Kier molecular flexibility index (Phi) is 7.43. The highest BCUT2D eigenvalue weighted by atomic mass is 35.5. The number of nitrogens with one attached hydrogen (secondary N) is 1. The molecule has 1 N–H and O–H groups in total. The zero-order chi connectivity index (χ0) is 27.7. The predicted octanol–water partition coefficient (Wildman–Crippen LogP) is 4.71. The number of nitrogens with zero attached hydrogens (tertiary/aromatic N) is 3. The van der Waals surface area contributed by atoms with Crippen LogP contribution in [0.2, 0.25) is 5.02 Å². The number of anilines is 1. The van der Waals surface area contributed by atoms with Crippen molar-refractivity contribution in [3.8, 4) is 5.75 Å². The number of hydrogen-bond acceptors (Lipinski definition) is 4. The highest BCUT2D eigenvalue weighted by molar-refractivity contribution is 6.30. The summed E-state index contributed by atoms with van der Waals surface area (Å²) in [4.78, 5) is 39.5. The van der Waals surface area contributed by atoms with Crippen LogP contribution in [0.5, 0.6) is 5.75 Å². The van der Waals surface area contributed by atoms with Gasteiger partial charge in [-0.3, -0.25) is 18.7 Å². The molecule has 0 radical (unpaired) electrons. The average molecular weight is 551 g/mol. The van der Waals surface area contributed by atoms with Crippen molar-refractivity contribution in [2.24, 2.45) is 14.1 Å². The Labute approximate surface area is 229 Å². The van der Waals surface area contributed by atoms with Crippen LogP contribution in [-0.2, 0) is 18.9 Å². The predicted molar refractivity (Wildman–Crippen MR) is 148 cm³/mol. The molecule has 3 aromatic carbocycles. The molecule has 8 nitrogen and oxygen atoms in total. The number of amides is 2. The molecule has 0 spiro atoms. The van der Waals surface area contributed by atoms with Gasteiger partial charge >= 0.3 is 5.69 Å². The number of rotatable bonds is 6. The second-order valence-electron chi connectivity index (χ2n) is 9.71. The summed E-state index contributed by atoms with van der Waals surface area (Å²) in [6.45, 7) is 1.01. The third-order valence-corrected chi connectivity index (χ3v) is 7.53. The first-order chi connectivity index (χ1) is 18.7. The number of aromatic nitrogens is 2. The van der Waals surface area contributed by atoms with Gasteiger partial charge in [-0.15, -0.1) is 0 Å². The number of benzene rings is 3. The summed E-state index contributed by atoms with van der Waals surface area (Å²) in [5.74, 6) is -0.480. The van der Waals surface area contributed by atoms with E-state index >= 15 is 0 Å². The highest BCUT2D eigenvalue weighted by Gasteiger charge is 2.25. The van der Waals surface area contributed by atoms with E-state index < -0.39 is 5.82 Å². The summed E-state index contributed by atoms with van der Waals surface area (Å²) in [6.07, 6.45) is 1.66. The van der Waals surface area contributed by atoms with E-state index in [2.05, 4.69) is 5.32 Å². The van der Waals surface area contributed by atoms with E-state index in [-0.39, 0.29) is 34.9 Å². The first kappa shape index (κ1) is 26.5. The van der Waals surface area contributed by atoms with Crippen molar-refractivity contribution in [1.29, 1.82) is 0 Å². The van der Waals surface area contributed by atoms with Gasteiger partial charge in [0.05, 0.1) is 16.1 Å². The second kappa shape index (κ2) is 10.9. The number of ether oxygens (including phenoxy) is 1. The van der Waals surface area contributed by atoms with Crippen molar-refractivity contribution in [3.05, 3.63) is 93.1 Å². The number of hydrogen-bond donors (Lipinski definition) is 1. The van der Waals surface area contributed by atoms with E-state index in [1.165, 1.54) is 12.1 Å². The number of likely N-dealkylation sites (tertiary alicyclic amines) is 1. The van der Waals surface area contributed by atoms with Crippen molar-refractivity contribution in [2.45, 2.75) is 18.8 Å². The van der Waals surface area contributed by atoms with Crippen molar-refractivity contribution in [2.75, 3.05) is 25.0 Å². The molecule has 5 rings (SSSR count). The lowest BCUT2D eigenvalue weighted by atomic mass is 9.89. The minimum absolute atomic E-state index is 0.0109. The molecular weight excluding hydrogens is 523 g/mol. The number of carbonyl (C=O) groups is 2. The van der Waals surface area contributed by atoms with Crippen LogP contribution in [0.1, 0.15) is 34.7 Å². The minimum atomic E-state index is -0.609. The molecule has 0 saturated carbocycles. The molecule has 10 heteroatoms. The van der Waals surface area contributed by atoms with E-state index in [1.807, 2.05) is 35.2 Å². The van der Waals surface area contributed by atoms with Crippen molar-refractivity contribution in [1.82, 2.24) is 14.0 Å². The van der Waals surface area contributed by atoms with E-state index in [4.69, 9.17) is 16.3 Å². The molecule has 0 bridgehead atoms. The molecule has 2 amide bonds. The second-order valence-corrected chi connectivity index (χ2v) is 10.1. The summed E-state index contributed by atoms with van der Waals surface area (Å²) in [7, 11) is 3.43. The third kappa shape index (κ3) is 5.54. The molecule has 1 saturated heterocycles. The quantitative estimate of drug-likeness (QED) is 0.377. The fourth-order valence-electron chi connectivity index (χ4n) is 4.99. The van der Waals surface area contributed by atoms with Crippen LogP contribution in [0.4, 0.5) is 10.1 Å². The van der Waals surface area contributed by atoms with Crippen LogP contribution in [0.25, 0.3) is 11.0 Å². The lowest BCUT2D eigenvalue weighted by molar-refractivity contribution is -0.118. The zero-order valence-electron chi connectivity index (χ0n) is 21.6. The van der Waals surface area contributed by atoms with Gasteiger partial charge in [0.1, 0.15) is 11.6 Å². The lowest BCUT2D eigenvalue weighted by Gasteiger charge is -2.32. The van der Waals surface area contributed by atoms with Gasteiger partial charge in [-0.2, -0.15) is 0 Å². The Balaban J connectivity index is 1.14. The van der Waals surface area contributed by atoms with Gasteiger partial charge in [0.2, 0.25) is 0 Å². The normalized spacial score (nSPS) is 14.0. The highest BCUT2D eigenvalue weighted by Crippen LogP contribution is 2.30. The molecule has 1 aromatic heterocycles. The molecule has 202 valence electrons. The van der Waals surface area contributed by atoms with Crippen LogP contribution in [0.15, 0.2) is 65.5 Å². The molecule has 1 fully saturated rings. The largest absolute Gasteiger partial charge is 0.484 e. The fourth-order valence-corrected chi connectivity index (χ4v) is 5.11. The molecule has 4 aromatic rings. The van der Waals surface area contributed by atoms with Gasteiger partial charge in [0.15, 0.2) is 6.61 Å². The molecule has 0 atom stereocenters.